The van der Waals surface area contributed by atoms with E-state index < -0.39 is 0 Å². The van der Waals surface area contributed by atoms with Crippen LogP contribution in [-0.4, -0.2) is 12.1 Å². The Kier molecular flexibility index (Phi) is 3.77. The number of hydrogen-bond acceptors (Lipinski definition) is 4. The lowest BCUT2D eigenvalue weighted by Gasteiger charge is -1.97. The van der Waals surface area contributed by atoms with Gasteiger partial charge in [0.05, 0.1) is 23.5 Å². The van der Waals surface area contributed by atoms with Gasteiger partial charge in [-0.1, -0.05) is 24.3 Å². The molecule has 1 aromatic heterocycles. The highest BCUT2D eigenvalue weighted by Crippen LogP contribution is 2.32. The monoisotopic (exact) mass is 301 g/mol. The van der Waals surface area contributed by atoms with Crippen LogP contribution in [0.3, 0.4) is 0 Å². The number of methoxy groups -OCH3 is 1. The molecule has 0 aliphatic carbocycles. The van der Waals surface area contributed by atoms with E-state index >= 15 is 0 Å². The van der Waals surface area contributed by atoms with Gasteiger partial charge in [0.1, 0.15) is 10.8 Å². The molecule has 2 aromatic carbocycles. The van der Waals surface area contributed by atoms with Crippen LogP contribution < -0.4 is 4.74 Å². The van der Waals surface area contributed by atoms with Gasteiger partial charge in [-0.15, -0.1) is 11.3 Å². The summed E-state index contributed by atoms with van der Waals surface area (Å²) in [6, 6.07) is 13.9. The van der Waals surface area contributed by atoms with Crippen molar-refractivity contribution in [3.8, 4) is 16.3 Å². The largest absolute Gasteiger partial charge is 0.497 e. The molecule has 1 heterocycles. The highest BCUT2D eigenvalue weighted by atomic mass is 32.1. The first-order chi connectivity index (χ1) is 9.80. The van der Waals surface area contributed by atoms with Crippen molar-refractivity contribution in [3.63, 3.8) is 0 Å². The smallest absolute Gasteiger partial charge is 0.160 e. The summed E-state index contributed by atoms with van der Waals surface area (Å²) < 4.78 is 16.9. The Labute approximate surface area is 122 Å². The van der Waals surface area contributed by atoms with Crippen molar-refractivity contribution in [1.29, 1.82) is 0 Å². The minimum Gasteiger partial charge on any atom is -0.497 e. The molecule has 5 heteroatoms. The topological polar surface area (TPSA) is 39.2 Å². The zero-order valence-corrected chi connectivity index (χ0v) is 12.6. The fraction of sp³-hybridized carbons (Fsp3) is 0.133. The maximum atomic E-state index is 10.6. The van der Waals surface area contributed by atoms with E-state index in [-0.39, 0.29) is 8.46 Å². The molecule has 0 spiro atoms. The maximum Gasteiger partial charge on any atom is 0.160 e. The van der Waals surface area contributed by atoms with Crippen LogP contribution in [0.1, 0.15) is 5.56 Å². The molecule has 3 aromatic rings. The third-order valence-corrected chi connectivity index (χ3v) is 4.61. The fourth-order valence-corrected chi connectivity index (χ4v) is 3.34. The molecule has 0 unspecified atom stereocenters. The van der Waals surface area contributed by atoms with Gasteiger partial charge in [0.2, 0.25) is 0 Å². The van der Waals surface area contributed by atoms with E-state index in [0.717, 1.165) is 32.1 Å². The van der Waals surface area contributed by atoms with Gasteiger partial charge in [0.25, 0.3) is 0 Å². The second kappa shape index (κ2) is 5.70. The summed E-state index contributed by atoms with van der Waals surface area (Å²) in [5.41, 5.74) is 3.12. The molecule has 0 amide bonds. The summed E-state index contributed by atoms with van der Waals surface area (Å²) in [6.45, 7) is 0. The molecule has 0 atom stereocenters. The van der Waals surface area contributed by atoms with Gasteiger partial charge in [0.15, 0.2) is 8.46 Å². The van der Waals surface area contributed by atoms with Gasteiger partial charge >= 0.3 is 0 Å². The maximum absolute atomic E-state index is 10.6. The number of benzene rings is 2. The SMILES string of the molecule is COc1ccc2nc(-c3ccc(CP=O)cc3)sc2c1. The molecule has 0 N–H and O–H groups in total. The Morgan fingerprint density at radius 1 is 1.20 bits per heavy atom. The highest BCUT2D eigenvalue weighted by molar-refractivity contribution is 7.22. The molecule has 0 aliphatic heterocycles. The average Bonchev–Trinajstić information content (AvgIpc) is 2.91. The summed E-state index contributed by atoms with van der Waals surface area (Å²) >= 11 is 1.64. The third-order valence-electron chi connectivity index (χ3n) is 3.04. The molecular formula is C15H12NO2PS. The van der Waals surface area contributed by atoms with E-state index in [0.29, 0.717) is 6.16 Å². The first-order valence-electron chi connectivity index (χ1n) is 6.13. The molecule has 0 saturated carbocycles. The number of hydrogen-bond donors (Lipinski definition) is 0. The van der Waals surface area contributed by atoms with Crippen molar-refractivity contribution in [3.05, 3.63) is 48.0 Å². The van der Waals surface area contributed by atoms with Crippen molar-refractivity contribution in [2.75, 3.05) is 7.11 Å². The number of aromatic nitrogens is 1. The van der Waals surface area contributed by atoms with Crippen LogP contribution in [0, 0.1) is 0 Å². The summed E-state index contributed by atoms with van der Waals surface area (Å²) in [5, 5.41) is 0.986. The predicted octanol–water partition coefficient (Wildman–Crippen LogP) is 4.76. The molecular weight excluding hydrogens is 289 g/mol. The zero-order valence-electron chi connectivity index (χ0n) is 10.9. The van der Waals surface area contributed by atoms with Crippen LogP contribution in [0.5, 0.6) is 5.75 Å². The summed E-state index contributed by atoms with van der Waals surface area (Å²) in [6.07, 6.45) is 0.553. The zero-order chi connectivity index (χ0) is 13.9. The van der Waals surface area contributed by atoms with Crippen LogP contribution in [0.15, 0.2) is 42.5 Å². The number of thiazole rings is 1. The van der Waals surface area contributed by atoms with Gasteiger partial charge in [-0.2, -0.15) is 0 Å². The van der Waals surface area contributed by atoms with E-state index in [1.54, 1.807) is 18.4 Å². The number of fused-ring (bicyclic) bond motifs is 1. The molecule has 3 rings (SSSR count). The lowest BCUT2D eigenvalue weighted by molar-refractivity contribution is 0.415. The Balaban J connectivity index is 1.98. The minimum absolute atomic E-state index is 0.150. The average molecular weight is 301 g/mol. The lowest BCUT2D eigenvalue weighted by Crippen LogP contribution is -1.80. The standard InChI is InChI=1S/C15H12NO2PS/c1-18-12-6-7-13-14(8-12)20-15(16-13)11-4-2-10(3-5-11)9-19-17/h2-8H,9H2,1H3. The molecule has 0 fully saturated rings. The van der Waals surface area contributed by atoms with Crippen LogP contribution in [-0.2, 0) is 10.7 Å². The van der Waals surface area contributed by atoms with Crippen molar-refractivity contribution in [2.45, 2.75) is 6.16 Å². The van der Waals surface area contributed by atoms with Gasteiger partial charge in [0, 0.05) is 5.56 Å². The van der Waals surface area contributed by atoms with Crippen molar-refractivity contribution >= 4 is 30.0 Å². The molecule has 0 saturated heterocycles. The highest BCUT2D eigenvalue weighted by Gasteiger charge is 2.07. The Bertz CT molecular complexity index is 752. The van der Waals surface area contributed by atoms with E-state index in [1.165, 1.54) is 0 Å². The number of rotatable bonds is 4. The number of ether oxygens (including phenoxy) is 1. The van der Waals surface area contributed by atoms with Gasteiger partial charge in [-0.05, 0) is 23.8 Å². The van der Waals surface area contributed by atoms with E-state index in [1.807, 2.05) is 42.5 Å². The normalized spacial score (nSPS) is 11.1. The lowest BCUT2D eigenvalue weighted by atomic mass is 10.2. The van der Waals surface area contributed by atoms with Crippen molar-refractivity contribution in [1.82, 2.24) is 4.98 Å². The van der Waals surface area contributed by atoms with E-state index in [4.69, 9.17) is 4.74 Å². The Hall–Kier alpha value is -1.77. The van der Waals surface area contributed by atoms with Gasteiger partial charge in [-0.3, -0.25) is 4.57 Å². The molecule has 0 bridgehead atoms. The van der Waals surface area contributed by atoms with Crippen LogP contribution in [0.4, 0.5) is 0 Å². The molecule has 0 radical (unpaired) electrons. The molecule has 3 nitrogen and oxygen atoms in total. The van der Waals surface area contributed by atoms with E-state index in [9.17, 15) is 4.57 Å². The molecule has 100 valence electrons. The second-order valence-electron chi connectivity index (χ2n) is 4.34. The molecule has 0 aliphatic rings. The summed E-state index contributed by atoms with van der Waals surface area (Å²) in [5.74, 6) is 0.845. The van der Waals surface area contributed by atoms with E-state index in [2.05, 4.69) is 4.98 Å². The fourth-order valence-electron chi connectivity index (χ4n) is 1.98. The van der Waals surface area contributed by atoms with Crippen LogP contribution >= 0.6 is 19.8 Å². The molecule has 20 heavy (non-hydrogen) atoms. The minimum atomic E-state index is 0.150. The van der Waals surface area contributed by atoms with Crippen LogP contribution in [0.25, 0.3) is 20.8 Å². The predicted molar refractivity (Wildman–Crippen MR) is 82.9 cm³/mol. The third kappa shape index (κ3) is 2.58. The summed E-state index contributed by atoms with van der Waals surface area (Å²) in [7, 11) is 1.81. The Morgan fingerprint density at radius 2 is 2.00 bits per heavy atom. The van der Waals surface area contributed by atoms with Gasteiger partial charge < -0.3 is 4.74 Å². The Morgan fingerprint density at radius 3 is 2.70 bits per heavy atom. The summed E-state index contributed by atoms with van der Waals surface area (Å²) in [4.78, 5) is 4.63. The number of nitrogens with zero attached hydrogens (tertiary/aromatic N) is 1. The second-order valence-corrected chi connectivity index (χ2v) is 5.94. The first-order valence-corrected chi connectivity index (χ1v) is 7.94. The van der Waals surface area contributed by atoms with Gasteiger partial charge in [-0.25, -0.2) is 4.98 Å². The quantitative estimate of drug-likeness (QED) is 0.652. The van der Waals surface area contributed by atoms with Crippen molar-refractivity contribution < 1.29 is 9.30 Å². The first kappa shape index (κ1) is 13.2. The van der Waals surface area contributed by atoms with Crippen LogP contribution in [0.2, 0.25) is 0 Å². The van der Waals surface area contributed by atoms with Crippen molar-refractivity contribution in [2.24, 2.45) is 0 Å².